The Hall–Kier alpha value is -2.55. The second-order valence-corrected chi connectivity index (χ2v) is 4.51. The number of fused-ring (bicyclic) bond motifs is 1. The average molecular weight is 265 g/mol. The number of aromatic nitrogens is 1. The lowest BCUT2D eigenvalue weighted by atomic mass is 10.2. The van der Waals surface area contributed by atoms with Crippen molar-refractivity contribution < 1.29 is 9.53 Å². The van der Waals surface area contributed by atoms with E-state index in [2.05, 4.69) is 0 Å². The summed E-state index contributed by atoms with van der Waals surface area (Å²) in [5, 5.41) is 1.03. The molecule has 0 fully saturated rings. The summed E-state index contributed by atoms with van der Waals surface area (Å²) in [5.41, 5.74) is 1.54. The third kappa shape index (κ3) is 2.18. The Morgan fingerprint density at radius 3 is 2.65 bits per heavy atom. The number of ether oxygens (including phenoxy) is 1. The molecule has 3 aromatic rings. The van der Waals surface area contributed by atoms with Crippen LogP contribution in [0.1, 0.15) is 17.3 Å². The minimum atomic E-state index is -0.0331. The fraction of sp³-hybridized carbons (Fsp3) is 0.118. The molecule has 20 heavy (non-hydrogen) atoms. The first kappa shape index (κ1) is 12.5. The third-order valence-electron chi connectivity index (χ3n) is 3.22. The summed E-state index contributed by atoms with van der Waals surface area (Å²) >= 11 is 0. The number of carbonyl (C=O) groups excluding carboxylic acids is 1. The topological polar surface area (TPSA) is 31.2 Å². The van der Waals surface area contributed by atoms with Crippen molar-refractivity contribution in [1.29, 1.82) is 0 Å². The Morgan fingerprint density at radius 2 is 1.90 bits per heavy atom. The lowest BCUT2D eigenvalue weighted by Gasteiger charge is -2.06. The first-order chi connectivity index (χ1) is 9.79. The van der Waals surface area contributed by atoms with Crippen molar-refractivity contribution in [3.63, 3.8) is 0 Å². The lowest BCUT2D eigenvalue weighted by Crippen LogP contribution is -2.10. The van der Waals surface area contributed by atoms with Crippen molar-refractivity contribution in [3.8, 4) is 5.75 Å². The van der Waals surface area contributed by atoms with Crippen molar-refractivity contribution in [3.05, 3.63) is 66.4 Å². The highest BCUT2D eigenvalue weighted by molar-refractivity contribution is 6.02. The van der Waals surface area contributed by atoms with Gasteiger partial charge in [-0.1, -0.05) is 18.2 Å². The predicted octanol–water partition coefficient (Wildman–Crippen LogP) is 3.73. The van der Waals surface area contributed by atoms with Crippen LogP contribution in [0, 0.1) is 0 Å². The molecule has 0 amide bonds. The highest BCUT2D eigenvalue weighted by Crippen LogP contribution is 2.23. The number of nitrogens with zero attached hydrogens (tertiary/aromatic N) is 1. The number of hydrogen-bond acceptors (Lipinski definition) is 2. The van der Waals surface area contributed by atoms with Gasteiger partial charge >= 0.3 is 0 Å². The number of benzene rings is 2. The molecule has 2 aromatic carbocycles. The van der Waals surface area contributed by atoms with E-state index < -0.39 is 0 Å². The van der Waals surface area contributed by atoms with E-state index in [9.17, 15) is 4.79 Å². The standard InChI is InChI=1S/C17H15NO2/c1-2-20-15-9-8-13-10-11-18(16(13)12-15)17(19)14-6-4-3-5-7-14/h3-12H,2H2,1H3. The zero-order valence-electron chi connectivity index (χ0n) is 11.2. The molecule has 0 atom stereocenters. The fourth-order valence-electron chi connectivity index (χ4n) is 2.26. The maximum absolute atomic E-state index is 12.5. The molecular weight excluding hydrogens is 250 g/mol. The molecule has 0 aliphatic rings. The first-order valence-electron chi connectivity index (χ1n) is 6.63. The molecule has 1 aromatic heterocycles. The highest BCUT2D eigenvalue weighted by Gasteiger charge is 2.11. The Kier molecular flexibility index (Phi) is 3.25. The Balaban J connectivity index is 2.07. The summed E-state index contributed by atoms with van der Waals surface area (Å²) in [6.45, 7) is 2.55. The van der Waals surface area contributed by atoms with E-state index in [4.69, 9.17) is 4.74 Å². The highest BCUT2D eigenvalue weighted by atomic mass is 16.5. The van der Waals surface area contributed by atoms with E-state index in [0.717, 1.165) is 16.7 Å². The second-order valence-electron chi connectivity index (χ2n) is 4.51. The predicted molar refractivity (Wildman–Crippen MR) is 79.3 cm³/mol. The molecule has 3 nitrogen and oxygen atoms in total. The quantitative estimate of drug-likeness (QED) is 0.722. The third-order valence-corrected chi connectivity index (χ3v) is 3.22. The molecule has 3 rings (SSSR count). The molecule has 0 spiro atoms. The van der Waals surface area contributed by atoms with Gasteiger partial charge in [-0.05, 0) is 37.3 Å². The lowest BCUT2D eigenvalue weighted by molar-refractivity contribution is 0.0965. The normalized spacial score (nSPS) is 10.7. The smallest absolute Gasteiger partial charge is 0.262 e. The van der Waals surface area contributed by atoms with Gasteiger partial charge in [0.15, 0.2) is 0 Å². The van der Waals surface area contributed by atoms with Gasteiger partial charge in [0.1, 0.15) is 5.75 Å². The van der Waals surface area contributed by atoms with Crippen LogP contribution in [0.3, 0.4) is 0 Å². The Morgan fingerprint density at radius 1 is 1.10 bits per heavy atom. The summed E-state index contributed by atoms with van der Waals surface area (Å²) in [7, 11) is 0. The first-order valence-corrected chi connectivity index (χ1v) is 6.63. The molecule has 0 aliphatic carbocycles. The van der Waals surface area contributed by atoms with E-state index >= 15 is 0 Å². The van der Waals surface area contributed by atoms with E-state index in [0.29, 0.717) is 12.2 Å². The molecule has 0 aliphatic heterocycles. The van der Waals surface area contributed by atoms with Gasteiger partial charge in [-0.3, -0.25) is 9.36 Å². The van der Waals surface area contributed by atoms with Crippen molar-refractivity contribution >= 4 is 16.8 Å². The van der Waals surface area contributed by atoms with Gasteiger partial charge in [0.2, 0.25) is 0 Å². The van der Waals surface area contributed by atoms with Crippen LogP contribution in [0.4, 0.5) is 0 Å². The van der Waals surface area contributed by atoms with Gasteiger partial charge in [-0.15, -0.1) is 0 Å². The zero-order valence-corrected chi connectivity index (χ0v) is 11.2. The molecule has 3 heteroatoms. The molecule has 100 valence electrons. The summed E-state index contributed by atoms with van der Waals surface area (Å²) in [5.74, 6) is 0.745. The van der Waals surface area contributed by atoms with Gasteiger partial charge in [-0.25, -0.2) is 0 Å². The Labute approximate surface area is 117 Å². The molecule has 0 saturated carbocycles. The number of carbonyl (C=O) groups is 1. The van der Waals surface area contributed by atoms with Gasteiger partial charge in [0.05, 0.1) is 12.1 Å². The van der Waals surface area contributed by atoms with E-state index in [-0.39, 0.29) is 5.91 Å². The van der Waals surface area contributed by atoms with Gasteiger partial charge in [-0.2, -0.15) is 0 Å². The largest absolute Gasteiger partial charge is 0.494 e. The molecule has 0 N–H and O–H groups in total. The molecular formula is C17H15NO2. The van der Waals surface area contributed by atoms with Gasteiger partial charge in [0, 0.05) is 23.2 Å². The monoisotopic (exact) mass is 265 g/mol. The minimum Gasteiger partial charge on any atom is -0.494 e. The maximum Gasteiger partial charge on any atom is 0.262 e. The van der Waals surface area contributed by atoms with Crippen LogP contribution in [0.15, 0.2) is 60.8 Å². The van der Waals surface area contributed by atoms with Crippen LogP contribution in [-0.4, -0.2) is 17.1 Å². The molecule has 0 saturated heterocycles. The molecule has 0 bridgehead atoms. The van der Waals surface area contributed by atoms with Crippen LogP contribution in [-0.2, 0) is 0 Å². The van der Waals surface area contributed by atoms with Crippen molar-refractivity contribution in [2.75, 3.05) is 6.61 Å². The van der Waals surface area contributed by atoms with Crippen LogP contribution in [0.2, 0.25) is 0 Å². The fourth-order valence-corrected chi connectivity index (χ4v) is 2.26. The van der Waals surface area contributed by atoms with Gasteiger partial charge in [0.25, 0.3) is 5.91 Å². The van der Waals surface area contributed by atoms with Crippen LogP contribution in [0.5, 0.6) is 5.75 Å². The van der Waals surface area contributed by atoms with Crippen LogP contribution < -0.4 is 4.74 Å². The summed E-state index contributed by atoms with van der Waals surface area (Å²) < 4.78 is 7.16. The minimum absolute atomic E-state index is 0.0331. The SMILES string of the molecule is CCOc1ccc2ccn(C(=O)c3ccccc3)c2c1. The maximum atomic E-state index is 12.5. The van der Waals surface area contributed by atoms with Crippen LogP contribution >= 0.6 is 0 Å². The number of hydrogen-bond donors (Lipinski definition) is 0. The summed E-state index contributed by atoms with van der Waals surface area (Å²) in [4.78, 5) is 12.5. The average Bonchev–Trinajstić information content (AvgIpc) is 2.91. The second kappa shape index (κ2) is 5.21. The zero-order chi connectivity index (χ0) is 13.9. The van der Waals surface area contributed by atoms with Gasteiger partial charge < -0.3 is 4.74 Å². The molecule has 0 radical (unpaired) electrons. The van der Waals surface area contributed by atoms with E-state index in [1.54, 1.807) is 10.8 Å². The van der Waals surface area contributed by atoms with Crippen molar-refractivity contribution in [1.82, 2.24) is 4.57 Å². The molecule has 1 heterocycles. The molecule has 0 unspecified atom stereocenters. The van der Waals surface area contributed by atoms with Crippen molar-refractivity contribution in [2.45, 2.75) is 6.92 Å². The van der Waals surface area contributed by atoms with E-state index in [1.165, 1.54) is 0 Å². The van der Waals surface area contributed by atoms with E-state index in [1.807, 2.05) is 61.5 Å². The van der Waals surface area contributed by atoms with Crippen LogP contribution in [0.25, 0.3) is 10.9 Å². The summed E-state index contributed by atoms with van der Waals surface area (Å²) in [6.07, 6.45) is 1.80. The van der Waals surface area contributed by atoms with Crippen molar-refractivity contribution in [2.24, 2.45) is 0 Å². The Bertz CT molecular complexity index is 744. The summed E-state index contributed by atoms with van der Waals surface area (Å²) in [6, 6.07) is 17.0. The number of rotatable bonds is 3.